The van der Waals surface area contributed by atoms with Crippen LogP contribution in [0.3, 0.4) is 0 Å². The Labute approximate surface area is 130 Å². The molecule has 2 rings (SSSR count). The Bertz CT molecular complexity index is 366. The highest BCUT2D eigenvalue weighted by Gasteiger charge is 2.45. The number of amides is 1. The lowest BCUT2D eigenvalue weighted by Crippen LogP contribution is -2.49. The van der Waals surface area contributed by atoms with E-state index in [1.165, 1.54) is 19.3 Å². The van der Waals surface area contributed by atoms with Crippen LogP contribution in [0.5, 0.6) is 0 Å². The molecule has 0 radical (unpaired) electrons. The number of rotatable bonds is 4. The van der Waals surface area contributed by atoms with E-state index >= 15 is 0 Å². The van der Waals surface area contributed by atoms with Crippen molar-refractivity contribution in [2.75, 3.05) is 0 Å². The minimum atomic E-state index is 0.0142. The lowest BCUT2D eigenvalue weighted by atomic mass is 9.79. The predicted octanol–water partition coefficient (Wildman–Crippen LogP) is 3.64. The highest BCUT2D eigenvalue weighted by atomic mass is 16.2. The van der Waals surface area contributed by atoms with Crippen LogP contribution in [0.4, 0.5) is 0 Å². The normalized spacial score (nSPS) is 37.8. The van der Waals surface area contributed by atoms with Crippen LogP contribution in [-0.4, -0.2) is 29.1 Å². The predicted molar refractivity (Wildman–Crippen MR) is 87.8 cm³/mol. The largest absolute Gasteiger partial charge is 0.323 e. The molecule has 1 aliphatic heterocycles. The van der Waals surface area contributed by atoms with Crippen molar-refractivity contribution in [3.8, 4) is 0 Å². The third-order valence-corrected chi connectivity index (χ3v) is 5.33. The molecule has 122 valence electrons. The first kappa shape index (κ1) is 16.8. The third-order valence-electron chi connectivity index (χ3n) is 5.33. The average Bonchev–Trinajstić information content (AvgIpc) is 2.66. The maximum Gasteiger partial charge on any atom is 0.241 e. The van der Waals surface area contributed by atoms with E-state index in [0.29, 0.717) is 29.7 Å². The van der Waals surface area contributed by atoms with Crippen LogP contribution in [0.25, 0.3) is 0 Å². The summed E-state index contributed by atoms with van der Waals surface area (Å²) < 4.78 is 0. The van der Waals surface area contributed by atoms with Crippen molar-refractivity contribution in [2.45, 2.75) is 85.5 Å². The number of hydrogen-bond donors (Lipinski definition) is 1. The van der Waals surface area contributed by atoms with E-state index in [-0.39, 0.29) is 12.2 Å². The van der Waals surface area contributed by atoms with E-state index in [1.54, 1.807) is 0 Å². The first-order chi connectivity index (χ1) is 9.81. The van der Waals surface area contributed by atoms with Gasteiger partial charge >= 0.3 is 0 Å². The molecule has 1 saturated carbocycles. The summed E-state index contributed by atoms with van der Waals surface area (Å²) in [5.41, 5.74) is 0. The molecule has 1 N–H and O–H groups in total. The number of nitrogens with one attached hydrogen (secondary N) is 1. The molecule has 21 heavy (non-hydrogen) atoms. The van der Waals surface area contributed by atoms with Gasteiger partial charge in [0.1, 0.15) is 0 Å². The Kier molecular flexibility index (Phi) is 5.34. The van der Waals surface area contributed by atoms with Gasteiger partial charge in [0.2, 0.25) is 5.91 Å². The summed E-state index contributed by atoms with van der Waals surface area (Å²) in [6, 6.07) is 0.453. The Morgan fingerprint density at radius 3 is 2.38 bits per heavy atom. The van der Waals surface area contributed by atoms with Crippen LogP contribution in [0, 0.1) is 23.7 Å². The van der Waals surface area contributed by atoms with Gasteiger partial charge in [-0.2, -0.15) is 0 Å². The molecule has 0 spiro atoms. The second-order valence-electron chi connectivity index (χ2n) is 8.24. The minimum Gasteiger partial charge on any atom is -0.323 e. The minimum absolute atomic E-state index is 0.0142. The fourth-order valence-electron chi connectivity index (χ4n) is 4.24. The molecule has 1 heterocycles. The Morgan fingerprint density at radius 1 is 1.19 bits per heavy atom. The number of carbonyl (C=O) groups is 1. The van der Waals surface area contributed by atoms with Gasteiger partial charge in [-0.3, -0.25) is 10.1 Å². The lowest BCUT2D eigenvalue weighted by Gasteiger charge is -2.41. The van der Waals surface area contributed by atoms with Gasteiger partial charge < -0.3 is 4.90 Å². The number of carbonyl (C=O) groups excluding carboxylic acids is 1. The van der Waals surface area contributed by atoms with Gasteiger partial charge in [0.05, 0.1) is 12.2 Å². The highest BCUT2D eigenvalue weighted by Crippen LogP contribution is 2.36. The third kappa shape index (κ3) is 3.61. The van der Waals surface area contributed by atoms with E-state index in [4.69, 9.17) is 0 Å². The average molecular weight is 294 g/mol. The Morgan fingerprint density at radius 2 is 1.86 bits per heavy atom. The maximum absolute atomic E-state index is 12.9. The first-order valence-electron chi connectivity index (χ1n) is 8.89. The highest BCUT2D eigenvalue weighted by molar-refractivity contribution is 5.85. The van der Waals surface area contributed by atoms with Gasteiger partial charge in [-0.1, -0.05) is 41.5 Å². The van der Waals surface area contributed by atoms with Crippen molar-refractivity contribution in [1.29, 1.82) is 0 Å². The second-order valence-corrected chi connectivity index (χ2v) is 8.24. The molecule has 1 saturated heterocycles. The maximum atomic E-state index is 12.9. The second kappa shape index (κ2) is 6.68. The molecule has 5 unspecified atom stereocenters. The van der Waals surface area contributed by atoms with E-state index in [0.717, 1.165) is 12.3 Å². The van der Waals surface area contributed by atoms with E-state index in [1.807, 2.05) is 0 Å². The van der Waals surface area contributed by atoms with Crippen molar-refractivity contribution in [3.63, 3.8) is 0 Å². The summed E-state index contributed by atoms with van der Waals surface area (Å²) >= 11 is 0. The first-order valence-corrected chi connectivity index (χ1v) is 8.89. The molecule has 0 aromatic carbocycles. The summed E-state index contributed by atoms with van der Waals surface area (Å²) in [4.78, 5) is 15.2. The molecule has 2 fully saturated rings. The number of hydrogen-bond acceptors (Lipinski definition) is 2. The zero-order chi connectivity index (χ0) is 15.7. The molecule has 0 bridgehead atoms. The van der Waals surface area contributed by atoms with Crippen molar-refractivity contribution in [2.24, 2.45) is 23.7 Å². The molecule has 3 heteroatoms. The van der Waals surface area contributed by atoms with Crippen molar-refractivity contribution >= 4 is 5.91 Å². The molecule has 0 aromatic heterocycles. The SMILES string of the molecule is CC(C)CC1NC(C(C)C)C(=O)N1C1CCC(C)CC1C. The molecule has 1 amide bonds. The van der Waals surface area contributed by atoms with Crippen molar-refractivity contribution < 1.29 is 4.79 Å². The summed E-state index contributed by atoms with van der Waals surface area (Å²) in [5.74, 6) is 2.77. The summed E-state index contributed by atoms with van der Waals surface area (Å²) in [6.45, 7) is 13.5. The summed E-state index contributed by atoms with van der Waals surface area (Å²) in [6.07, 6.45) is 5.00. The molecular weight excluding hydrogens is 260 g/mol. The van der Waals surface area contributed by atoms with Crippen LogP contribution < -0.4 is 5.32 Å². The molecule has 1 aliphatic carbocycles. The zero-order valence-electron chi connectivity index (χ0n) is 14.7. The van der Waals surface area contributed by atoms with Gasteiger partial charge in [-0.15, -0.1) is 0 Å². The van der Waals surface area contributed by atoms with Crippen LogP contribution in [0.2, 0.25) is 0 Å². The van der Waals surface area contributed by atoms with Gasteiger partial charge in [0, 0.05) is 6.04 Å². The van der Waals surface area contributed by atoms with Crippen molar-refractivity contribution in [3.05, 3.63) is 0 Å². The van der Waals surface area contributed by atoms with E-state index in [9.17, 15) is 4.79 Å². The quantitative estimate of drug-likeness (QED) is 0.858. The molecule has 3 nitrogen and oxygen atoms in total. The fourth-order valence-corrected chi connectivity index (χ4v) is 4.24. The smallest absolute Gasteiger partial charge is 0.241 e. The standard InChI is InChI=1S/C18H34N2O/c1-11(2)9-16-19-17(12(3)4)18(21)20(16)15-8-7-13(5)10-14(15)6/h11-17,19H,7-10H2,1-6H3. The van der Waals surface area contributed by atoms with Gasteiger partial charge in [0.15, 0.2) is 0 Å². The van der Waals surface area contributed by atoms with E-state index in [2.05, 4.69) is 51.8 Å². The molecule has 0 aromatic rings. The zero-order valence-corrected chi connectivity index (χ0v) is 14.7. The topological polar surface area (TPSA) is 32.3 Å². The Balaban J connectivity index is 2.18. The van der Waals surface area contributed by atoms with Crippen LogP contribution >= 0.6 is 0 Å². The molecule has 2 aliphatic rings. The number of nitrogens with zero attached hydrogens (tertiary/aromatic N) is 1. The van der Waals surface area contributed by atoms with Crippen LogP contribution in [0.15, 0.2) is 0 Å². The monoisotopic (exact) mass is 294 g/mol. The van der Waals surface area contributed by atoms with Crippen LogP contribution in [0.1, 0.15) is 67.2 Å². The summed E-state index contributed by atoms with van der Waals surface area (Å²) in [7, 11) is 0. The fraction of sp³-hybridized carbons (Fsp3) is 0.944. The van der Waals surface area contributed by atoms with Gasteiger partial charge in [-0.05, 0) is 49.4 Å². The van der Waals surface area contributed by atoms with Crippen LogP contribution in [-0.2, 0) is 4.79 Å². The molecular formula is C18H34N2O. The molecule has 5 atom stereocenters. The van der Waals surface area contributed by atoms with Gasteiger partial charge in [-0.25, -0.2) is 0 Å². The van der Waals surface area contributed by atoms with Gasteiger partial charge in [0.25, 0.3) is 0 Å². The Hall–Kier alpha value is -0.570. The van der Waals surface area contributed by atoms with Crippen molar-refractivity contribution in [1.82, 2.24) is 10.2 Å². The lowest BCUT2D eigenvalue weighted by molar-refractivity contribution is -0.135. The van der Waals surface area contributed by atoms with E-state index < -0.39 is 0 Å². The summed E-state index contributed by atoms with van der Waals surface area (Å²) in [5, 5.41) is 3.63.